The topological polar surface area (TPSA) is 59.0 Å². The molecule has 3 heteroatoms. The highest BCUT2D eigenvalue weighted by molar-refractivity contribution is 5.35. The molecule has 0 heterocycles. The van der Waals surface area contributed by atoms with E-state index in [2.05, 4.69) is 13.0 Å². The number of rotatable bonds is 7. The maximum absolute atomic E-state index is 8.42. The van der Waals surface area contributed by atoms with Gasteiger partial charge in [0.05, 0.1) is 12.7 Å². The van der Waals surface area contributed by atoms with Crippen molar-refractivity contribution >= 4 is 0 Å². The highest BCUT2D eigenvalue weighted by Gasteiger charge is 2.09. The minimum Gasteiger partial charge on any atom is -0.493 e. The summed E-state index contributed by atoms with van der Waals surface area (Å²) in [6.45, 7) is 2.71. The molecule has 92 valence electrons. The summed E-state index contributed by atoms with van der Waals surface area (Å²) in [4.78, 5) is 0. The quantitative estimate of drug-likeness (QED) is 0.734. The first-order valence-corrected chi connectivity index (χ1v) is 6.13. The highest BCUT2D eigenvalue weighted by Crippen LogP contribution is 2.25. The Bertz CT molecular complexity index is 371. The van der Waals surface area contributed by atoms with Gasteiger partial charge in [0.1, 0.15) is 5.75 Å². The van der Waals surface area contributed by atoms with Gasteiger partial charge in [0.25, 0.3) is 0 Å². The zero-order valence-electron chi connectivity index (χ0n) is 10.4. The molecule has 1 aromatic rings. The summed E-state index contributed by atoms with van der Waals surface area (Å²) in [5.74, 6) is 0.874. The maximum Gasteiger partial charge on any atom is 0.124 e. The molecule has 0 saturated heterocycles. The van der Waals surface area contributed by atoms with Crippen LogP contribution in [0, 0.1) is 11.3 Å². The fraction of sp³-hybridized carbons (Fsp3) is 0.500. The van der Waals surface area contributed by atoms with Gasteiger partial charge in [-0.15, -0.1) is 0 Å². The lowest BCUT2D eigenvalue weighted by Gasteiger charge is -2.15. The summed E-state index contributed by atoms with van der Waals surface area (Å²) in [6.07, 6.45) is 3.29. The molecule has 0 aliphatic carbocycles. The molecule has 1 rings (SSSR count). The number of benzene rings is 1. The van der Waals surface area contributed by atoms with Gasteiger partial charge in [0.2, 0.25) is 0 Å². The van der Waals surface area contributed by atoms with E-state index in [0.29, 0.717) is 13.0 Å². The molecule has 2 N–H and O–H groups in total. The lowest BCUT2D eigenvalue weighted by atomic mass is 10.0. The zero-order chi connectivity index (χ0) is 12.5. The molecule has 0 radical (unpaired) electrons. The van der Waals surface area contributed by atoms with Crippen LogP contribution in [0.3, 0.4) is 0 Å². The van der Waals surface area contributed by atoms with Gasteiger partial charge in [-0.3, -0.25) is 0 Å². The van der Waals surface area contributed by atoms with Gasteiger partial charge in [0.15, 0.2) is 0 Å². The Morgan fingerprint density at radius 3 is 2.82 bits per heavy atom. The van der Waals surface area contributed by atoms with Crippen molar-refractivity contribution in [3.05, 3.63) is 29.8 Å². The van der Waals surface area contributed by atoms with Gasteiger partial charge in [-0.2, -0.15) is 5.26 Å². The molecule has 1 aromatic carbocycles. The number of unbranched alkanes of at least 4 members (excludes halogenated alkanes) is 2. The summed E-state index contributed by atoms with van der Waals surface area (Å²) >= 11 is 0. The van der Waals surface area contributed by atoms with E-state index < -0.39 is 0 Å². The second-order valence-electron chi connectivity index (χ2n) is 4.02. The van der Waals surface area contributed by atoms with E-state index in [1.807, 2.05) is 24.3 Å². The van der Waals surface area contributed by atoms with Crippen molar-refractivity contribution < 1.29 is 4.74 Å². The number of hydrogen-bond acceptors (Lipinski definition) is 3. The second-order valence-corrected chi connectivity index (χ2v) is 4.02. The smallest absolute Gasteiger partial charge is 0.124 e. The second kappa shape index (κ2) is 7.70. The summed E-state index contributed by atoms with van der Waals surface area (Å²) in [6, 6.07) is 10.1. The molecule has 17 heavy (non-hydrogen) atoms. The largest absolute Gasteiger partial charge is 0.493 e. The van der Waals surface area contributed by atoms with Crippen LogP contribution in [0.2, 0.25) is 0 Å². The lowest BCUT2D eigenvalue weighted by Crippen LogP contribution is -2.11. The number of nitrogens with zero attached hydrogens (tertiary/aromatic N) is 1. The predicted octanol–water partition coefficient (Wildman–Crippen LogP) is 3.17. The fourth-order valence-corrected chi connectivity index (χ4v) is 1.63. The van der Waals surface area contributed by atoms with Crippen molar-refractivity contribution in [2.24, 2.45) is 5.73 Å². The third-order valence-corrected chi connectivity index (χ3v) is 2.70. The number of para-hydroxylation sites is 1. The SMILES string of the molecule is CC[C@@H](N)c1ccccc1OCCCCC#N. The third-order valence-electron chi connectivity index (χ3n) is 2.70. The van der Waals surface area contributed by atoms with E-state index in [4.69, 9.17) is 15.7 Å². The first-order chi connectivity index (χ1) is 8.29. The summed E-state index contributed by atoms with van der Waals surface area (Å²) in [7, 11) is 0. The van der Waals surface area contributed by atoms with E-state index in [0.717, 1.165) is 30.6 Å². The fourth-order valence-electron chi connectivity index (χ4n) is 1.63. The third kappa shape index (κ3) is 4.46. The van der Waals surface area contributed by atoms with Gasteiger partial charge in [0, 0.05) is 18.0 Å². The standard InChI is InChI=1S/C14H20N2O/c1-2-13(16)12-8-4-5-9-14(12)17-11-7-3-6-10-15/h4-5,8-9,13H,2-3,6-7,11,16H2,1H3/t13-/m1/s1. The Morgan fingerprint density at radius 2 is 2.12 bits per heavy atom. The molecule has 0 aliphatic heterocycles. The van der Waals surface area contributed by atoms with Crippen LogP contribution < -0.4 is 10.5 Å². The first kappa shape index (κ1) is 13.5. The molecule has 0 fully saturated rings. The summed E-state index contributed by atoms with van der Waals surface area (Å²) < 4.78 is 5.72. The van der Waals surface area contributed by atoms with Crippen LogP contribution in [0.15, 0.2) is 24.3 Å². The van der Waals surface area contributed by atoms with Gasteiger partial charge in [-0.25, -0.2) is 0 Å². The van der Waals surface area contributed by atoms with Gasteiger partial charge >= 0.3 is 0 Å². The lowest BCUT2D eigenvalue weighted by molar-refractivity contribution is 0.302. The van der Waals surface area contributed by atoms with E-state index in [-0.39, 0.29) is 6.04 Å². The molecular formula is C14H20N2O. The molecular weight excluding hydrogens is 212 g/mol. The van der Waals surface area contributed by atoms with Crippen LogP contribution >= 0.6 is 0 Å². The maximum atomic E-state index is 8.42. The van der Waals surface area contributed by atoms with Crippen molar-refractivity contribution in [1.29, 1.82) is 5.26 Å². The van der Waals surface area contributed by atoms with E-state index >= 15 is 0 Å². The zero-order valence-corrected chi connectivity index (χ0v) is 10.4. The molecule has 0 bridgehead atoms. The molecule has 0 aromatic heterocycles. The van der Waals surface area contributed by atoms with Gasteiger partial charge < -0.3 is 10.5 Å². The minimum atomic E-state index is 0.0327. The minimum absolute atomic E-state index is 0.0327. The summed E-state index contributed by atoms with van der Waals surface area (Å²) in [5, 5.41) is 8.42. The van der Waals surface area contributed by atoms with E-state index in [1.54, 1.807) is 0 Å². The van der Waals surface area contributed by atoms with Crippen molar-refractivity contribution in [1.82, 2.24) is 0 Å². The monoisotopic (exact) mass is 232 g/mol. The predicted molar refractivity (Wildman–Crippen MR) is 68.6 cm³/mol. The van der Waals surface area contributed by atoms with Crippen LogP contribution in [-0.2, 0) is 0 Å². The average molecular weight is 232 g/mol. The average Bonchev–Trinajstić information content (AvgIpc) is 2.38. The molecule has 0 saturated carbocycles. The summed E-state index contributed by atoms with van der Waals surface area (Å²) in [5.41, 5.74) is 7.09. The van der Waals surface area contributed by atoms with Crippen LogP contribution in [0.1, 0.15) is 44.2 Å². The normalized spacial score (nSPS) is 11.8. The molecule has 0 unspecified atom stereocenters. The number of nitrogens with two attached hydrogens (primary N) is 1. The Balaban J connectivity index is 2.50. The number of hydrogen-bond donors (Lipinski definition) is 1. The van der Waals surface area contributed by atoms with Gasteiger partial charge in [-0.05, 0) is 25.3 Å². The molecule has 3 nitrogen and oxygen atoms in total. The molecule has 0 spiro atoms. The molecule has 0 amide bonds. The van der Waals surface area contributed by atoms with E-state index in [1.165, 1.54) is 0 Å². The van der Waals surface area contributed by atoms with E-state index in [9.17, 15) is 0 Å². The van der Waals surface area contributed by atoms with Crippen LogP contribution in [-0.4, -0.2) is 6.61 Å². The van der Waals surface area contributed by atoms with Crippen LogP contribution in [0.5, 0.6) is 5.75 Å². The van der Waals surface area contributed by atoms with Crippen molar-refractivity contribution in [3.8, 4) is 11.8 Å². The Morgan fingerprint density at radius 1 is 1.35 bits per heavy atom. The molecule has 0 aliphatic rings. The van der Waals surface area contributed by atoms with Gasteiger partial charge in [-0.1, -0.05) is 25.1 Å². The molecule has 1 atom stereocenters. The number of ether oxygens (including phenoxy) is 1. The van der Waals surface area contributed by atoms with Crippen LogP contribution in [0.25, 0.3) is 0 Å². The van der Waals surface area contributed by atoms with Crippen molar-refractivity contribution in [3.63, 3.8) is 0 Å². The number of nitriles is 1. The van der Waals surface area contributed by atoms with Crippen LogP contribution in [0.4, 0.5) is 0 Å². The Kier molecular flexibility index (Phi) is 6.13. The Hall–Kier alpha value is -1.53. The van der Waals surface area contributed by atoms with Crippen molar-refractivity contribution in [2.45, 2.75) is 38.6 Å². The first-order valence-electron chi connectivity index (χ1n) is 6.13. The Labute approximate surface area is 103 Å². The van der Waals surface area contributed by atoms with Crippen molar-refractivity contribution in [2.75, 3.05) is 6.61 Å². The highest BCUT2D eigenvalue weighted by atomic mass is 16.5.